The van der Waals surface area contributed by atoms with E-state index in [9.17, 15) is 0 Å². The number of nitrogens with zero attached hydrogens (tertiary/aromatic N) is 1. The van der Waals surface area contributed by atoms with Gasteiger partial charge in [0.25, 0.3) is 0 Å². The van der Waals surface area contributed by atoms with Crippen molar-refractivity contribution in [3.8, 4) is 0 Å². The van der Waals surface area contributed by atoms with Crippen LogP contribution in [0.3, 0.4) is 0 Å². The molecule has 0 heterocycles. The molecule has 1 aliphatic carbocycles. The van der Waals surface area contributed by atoms with E-state index in [1.54, 1.807) is 0 Å². The van der Waals surface area contributed by atoms with Gasteiger partial charge in [0.2, 0.25) is 0 Å². The van der Waals surface area contributed by atoms with Gasteiger partial charge in [-0.05, 0) is 51.1 Å². The molecule has 1 aromatic rings. The van der Waals surface area contributed by atoms with Crippen LogP contribution in [0.25, 0.3) is 0 Å². The van der Waals surface area contributed by atoms with Crippen LogP contribution in [0.4, 0.5) is 0 Å². The van der Waals surface area contributed by atoms with Crippen molar-refractivity contribution < 1.29 is 0 Å². The van der Waals surface area contributed by atoms with E-state index in [1.165, 1.54) is 24.8 Å². The molecule has 0 bridgehead atoms. The Balaban J connectivity index is 1.88. The highest BCUT2D eigenvalue weighted by molar-refractivity contribution is 9.10. The van der Waals surface area contributed by atoms with Crippen LogP contribution < -0.4 is 5.32 Å². The second-order valence-electron chi connectivity index (χ2n) is 5.31. The molecule has 0 aliphatic heterocycles. The molecular formula is C14H20BrClN2. The molecule has 18 heavy (non-hydrogen) atoms. The van der Waals surface area contributed by atoms with Crippen LogP contribution in [0.2, 0.25) is 5.02 Å². The summed E-state index contributed by atoms with van der Waals surface area (Å²) in [5.74, 6) is 0. The summed E-state index contributed by atoms with van der Waals surface area (Å²) in [5, 5.41) is 4.34. The van der Waals surface area contributed by atoms with Gasteiger partial charge in [-0.2, -0.15) is 0 Å². The molecule has 0 spiro atoms. The Morgan fingerprint density at radius 1 is 1.39 bits per heavy atom. The molecule has 1 aliphatic rings. The summed E-state index contributed by atoms with van der Waals surface area (Å²) < 4.78 is 1.08. The second-order valence-corrected chi connectivity index (χ2v) is 6.60. The Kier molecular flexibility index (Phi) is 4.70. The maximum Gasteiger partial charge on any atom is 0.0417 e. The maximum atomic E-state index is 5.94. The summed E-state index contributed by atoms with van der Waals surface area (Å²) in [7, 11) is 4.36. The van der Waals surface area contributed by atoms with E-state index in [4.69, 9.17) is 11.6 Å². The molecule has 1 saturated carbocycles. The lowest BCUT2D eigenvalue weighted by atomic mass is 9.75. The van der Waals surface area contributed by atoms with Gasteiger partial charge < -0.3 is 10.2 Å². The zero-order valence-corrected chi connectivity index (χ0v) is 13.3. The molecule has 0 radical (unpaired) electrons. The minimum Gasteiger partial charge on any atom is -0.311 e. The molecule has 0 amide bonds. The Bertz CT molecular complexity index is 416. The van der Waals surface area contributed by atoms with Crippen molar-refractivity contribution in [3.05, 3.63) is 33.3 Å². The molecule has 0 aromatic heterocycles. The van der Waals surface area contributed by atoms with Gasteiger partial charge in [-0.3, -0.25) is 0 Å². The summed E-state index contributed by atoms with van der Waals surface area (Å²) in [6.45, 7) is 1.93. The summed E-state index contributed by atoms with van der Waals surface area (Å²) in [4.78, 5) is 2.36. The van der Waals surface area contributed by atoms with Crippen molar-refractivity contribution in [2.75, 3.05) is 20.6 Å². The van der Waals surface area contributed by atoms with Crippen molar-refractivity contribution in [3.63, 3.8) is 0 Å². The van der Waals surface area contributed by atoms with Gasteiger partial charge in [0.05, 0.1) is 0 Å². The predicted molar refractivity (Wildman–Crippen MR) is 81.1 cm³/mol. The van der Waals surface area contributed by atoms with E-state index in [-0.39, 0.29) is 0 Å². The average Bonchev–Trinajstić information content (AvgIpc) is 2.24. The lowest BCUT2D eigenvalue weighted by Crippen LogP contribution is -2.56. The highest BCUT2D eigenvalue weighted by Crippen LogP contribution is 2.35. The summed E-state index contributed by atoms with van der Waals surface area (Å²) in [6, 6.07) is 5.96. The number of hydrogen-bond acceptors (Lipinski definition) is 2. The molecule has 100 valence electrons. The quantitative estimate of drug-likeness (QED) is 0.885. The van der Waals surface area contributed by atoms with Crippen LogP contribution in [0.5, 0.6) is 0 Å². The minimum absolute atomic E-state index is 0.374. The zero-order chi connectivity index (χ0) is 13.2. The largest absolute Gasteiger partial charge is 0.311 e. The number of likely N-dealkylation sites (N-methyl/N-ethyl adjacent to an activating group) is 1. The van der Waals surface area contributed by atoms with E-state index in [1.807, 2.05) is 12.1 Å². The summed E-state index contributed by atoms with van der Waals surface area (Å²) in [5.41, 5.74) is 1.63. The van der Waals surface area contributed by atoms with E-state index in [0.717, 1.165) is 22.6 Å². The van der Waals surface area contributed by atoms with Gasteiger partial charge in [0.1, 0.15) is 0 Å². The molecule has 2 nitrogen and oxygen atoms in total. The van der Waals surface area contributed by atoms with Crippen molar-refractivity contribution in [1.29, 1.82) is 0 Å². The standard InChI is InChI=1S/C14H20BrClN2/c1-18(2)14(6-3-7-14)10-17-9-11-4-5-12(16)8-13(11)15/h4-5,8,17H,3,6-7,9-10H2,1-2H3. The first-order chi connectivity index (χ1) is 8.53. The van der Waals surface area contributed by atoms with E-state index >= 15 is 0 Å². The van der Waals surface area contributed by atoms with E-state index < -0.39 is 0 Å². The molecule has 0 atom stereocenters. The van der Waals surface area contributed by atoms with E-state index in [0.29, 0.717) is 5.54 Å². The fourth-order valence-electron chi connectivity index (χ4n) is 2.46. The molecule has 2 rings (SSSR count). The Morgan fingerprint density at radius 2 is 2.11 bits per heavy atom. The number of rotatable bonds is 5. The first-order valence-corrected chi connectivity index (χ1v) is 7.53. The van der Waals surface area contributed by atoms with Crippen LogP contribution in [-0.4, -0.2) is 31.1 Å². The van der Waals surface area contributed by atoms with Gasteiger partial charge in [0.15, 0.2) is 0 Å². The number of hydrogen-bond donors (Lipinski definition) is 1. The van der Waals surface area contributed by atoms with Gasteiger partial charge in [0, 0.05) is 28.1 Å². The lowest BCUT2D eigenvalue weighted by molar-refractivity contribution is 0.0598. The third-order valence-corrected chi connectivity index (χ3v) is 4.99. The molecule has 0 saturated heterocycles. The minimum atomic E-state index is 0.374. The van der Waals surface area contributed by atoms with Gasteiger partial charge >= 0.3 is 0 Å². The molecule has 0 unspecified atom stereocenters. The van der Waals surface area contributed by atoms with E-state index in [2.05, 4.69) is 46.3 Å². The fraction of sp³-hybridized carbons (Fsp3) is 0.571. The smallest absolute Gasteiger partial charge is 0.0417 e. The zero-order valence-electron chi connectivity index (χ0n) is 11.0. The number of nitrogens with one attached hydrogen (secondary N) is 1. The normalized spacial score (nSPS) is 17.8. The molecule has 4 heteroatoms. The molecule has 1 fully saturated rings. The highest BCUT2D eigenvalue weighted by atomic mass is 79.9. The SMILES string of the molecule is CN(C)C1(CNCc2ccc(Cl)cc2Br)CCC1. The first kappa shape index (κ1) is 14.3. The average molecular weight is 332 g/mol. The fourth-order valence-corrected chi connectivity index (χ4v) is 3.28. The Hall–Kier alpha value is -0.0900. The van der Waals surface area contributed by atoms with Crippen molar-refractivity contribution in [1.82, 2.24) is 10.2 Å². The monoisotopic (exact) mass is 330 g/mol. The van der Waals surface area contributed by atoms with Crippen LogP contribution in [0.15, 0.2) is 22.7 Å². The van der Waals surface area contributed by atoms with Gasteiger partial charge in [-0.1, -0.05) is 33.6 Å². The van der Waals surface area contributed by atoms with Crippen molar-refractivity contribution >= 4 is 27.5 Å². The van der Waals surface area contributed by atoms with Crippen LogP contribution in [0, 0.1) is 0 Å². The molecule has 1 aromatic carbocycles. The molecule has 1 N–H and O–H groups in total. The Labute approximate surface area is 123 Å². The summed E-state index contributed by atoms with van der Waals surface area (Å²) in [6.07, 6.45) is 3.95. The van der Waals surface area contributed by atoms with Crippen LogP contribution in [-0.2, 0) is 6.54 Å². The number of benzene rings is 1. The highest BCUT2D eigenvalue weighted by Gasteiger charge is 2.38. The number of halogens is 2. The predicted octanol–water partition coefficient (Wildman–Crippen LogP) is 3.68. The summed E-state index contributed by atoms with van der Waals surface area (Å²) >= 11 is 9.49. The van der Waals surface area contributed by atoms with Crippen LogP contribution >= 0.6 is 27.5 Å². The topological polar surface area (TPSA) is 15.3 Å². The lowest BCUT2D eigenvalue weighted by Gasteiger charge is -2.47. The van der Waals surface area contributed by atoms with Crippen molar-refractivity contribution in [2.45, 2.75) is 31.3 Å². The second kappa shape index (κ2) is 5.91. The third kappa shape index (κ3) is 3.08. The van der Waals surface area contributed by atoms with Crippen LogP contribution in [0.1, 0.15) is 24.8 Å². The Morgan fingerprint density at radius 3 is 2.61 bits per heavy atom. The maximum absolute atomic E-state index is 5.94. The van der Waals surface area contributed by atoms with Gasteiger partial charge in [-0.15, -0.1) is 0 Å². The van der Waals surface area contributed by atoms with Crippen molar-refractivity contribution in [2.24, 2.45) is 0 Å². The molecular weight excluding hydrogens is 312 g/mol. The third-order valence-electron chi connectivity index (χ3n) is 4.02. The van der Waals surface area contributed by atoms with Gasteiger partial charge in [-0.25, -0.2) is 0 Å². The first-order valence-electron chi connectivity index (χ1n) is 6.36.